The second-order valence-electron chi connectivity index (χ2n) is 7.59. The maximum Gasteiger partial charge on any atom is 0.335 e. The molecule has 2 N–H and O–H groups in total. The van der Waals surface area contributed by atoms with Crippen LogP contribution in [0.2, 0.25) is 0 Å². The predicted octanol–water partition coefficient (Wildman–Crippen LogP) is 3.33. The highest BCUT2D eigenvalue weighted by Crippen LogP contribution is 2.19. The Kier molecular flexibility index (Phi) is 6.49. The molecule has 1 saturated heterocycles. The summed E-state index contributed by atoms with van der Waals surface area (Å²) in [6.45, 7) is 6.45. The predicted molar refractivity (Wildman–Crippen MR) is 108 cm³/mol. The number of halogens is 1. The summed E-state index contributed by atoms with van der Waals surface area (Å²) in [6.07, 6.45) is 0. The van der Waals surface area contributed by atoms with Crippen LogP contribution in [-0.4, -0.2) is 52.1 Å². The molecule has 0 unspecified atom stereocenters. The largest absolute Gasteiger partial charge is 0.478 e. The molecule has 0 aromatic heterocycles. The van der Waals surface area contributed by atoms with Gasteiger partial charge in [-0.1, -0.05) is 24.3 Å². The maximum atomic E-state index is 13.3. The number of carbonyl (C=O) groups excluding carboxylic acids is 1. The number of nitrogens with zero attached hydrogens (tertiary/aromatic N) is 2. The van der Waals surface area contributed by atoms with Crippen LogP contribution in [0.3, 0.4) is 0 Å². The van der Waals surface area contributed by atoms with Crippen LogP contribution in [0.25, 0.3) is 0 Å². The summed E-state index contributed by atoms with van der Waals surface area (Å²) in [6, 6.07) is 13.0. The van der Waals surface area contributed by atoms with E-state index in [1.807, 2.05) is 30.9 Å². The summed E-state index contributed by atoms with van der Waals surface area (Å²) in [7, 11) is 0. The van der Waals surface area contributed by atoms with Crippen LogP contribution in [0.1, 0.15) is 35.3 Å². The number of benzene rings is 2. The van der Waals surface area contributed by atoms with Crippen LogP contribution in [0.15, 0.2) is 48.5 Å². The van der Waals surface area contributed by atoms with E-state index >= 15 is 0 Å². The molecule has 0 radical (unpaired) electrons. The third kappa shape index (κ3) is 5.32. The molecule has 1 heterocycles. The lowest BCUT2D eigenvalue weighted by atomic mass is 10.1. The lowest BCUT2D eigenvalue weighted by Crippen LogP contribution is -2.60. The number of urea groups is 1. The number of piperazine rings is 1. The van der Waals surface area contributed by atoms with Crippen LogP contribution in [0.4, 0.5) is 9.18 Å². The van der Waals surface area contributed by atoms with Gasteiger partial charge in [0.2, 0.25) is 0 Å². The fourth-order valence-corrected chi connectivity index (χ4v) is 3.89. The number of hydrogen-bond donors (Lipinski definition) is 2. The quantitative estimate of drug-likeness (QED) is 0.809. The highest BCUT2D eigenvalue weighted by Gasteiger charge is 2.32. The zero-order valence-corrected chi connectivity index (χ0v) is 16.6. The molecular weight excluding hydrogens is 373 g/mol. The van der Waals surface area contributed by atoms with Gasteiger partial charge in [0.1, 0.15) is 5.82 Å². The minimum atomic E-state index is -0.934. The van der Waals surface area contributed by atoms with E-state index < -0.39 is 5.97 Å². The Balaban J connectivity index is 1.56. The van der Waals surface area contributed by atoms with Crippen molar-refractivity contribution in [2.24, 2.45) is 0 Å². The van der Waals surface area contributed by atoms with E-state index in [2.05, 4.69) is 10.2 Å². The van der Waals surface area contributed by atoms with E-state index in [-0.39, 0.29) is 36.0 Å². The monoisotopic (exact) mass is 399 g/mol. The first-order valence-electron chi connectivity index (χ1n) is 9.68. The lowest BCUT2D eigenvalue weighted by Gasteiger charge is -2.44. The third-order valence-corrected chi connectivity index (χ3v) is 5.17. The molecule has 0 bridgehead atoms. The molecule has 7 heteroatoms. The van der Waals surface area contributed by atoms with E-state index in [0.29, 0.717) is 6.54 Å². The molecule has 1 fully saturated rings. The number of rotatable bonds is 5. The SMILES string of the molecule is C[C@@H]1CN(Cc2ccc(C(=O)O)cc2)C[C@H](C)N1C(=O)NCc1cccc(F)c1. The molecule has 3 rings (SSSR count). The Bertz CT molecular complexity index is 860. The first kappa shape index (κ1) is 20.8. The molecule has 29 heavy (non-hydrogen) atoms. The summed E-state index contributed by atoms with van der Waals surface area (Å²) >= 11 is 0. The Labute approximate surface area is 169 Å². The van der Waals surface area contributed by atoms with Crippen molar-refractivity contribution in [3.8, 4) is 0 Å². The normalized spacial score (nSPS) is 19.8. The minimum absolute atomic E-state index is 0.0181. The standard InChI is InChI=1S/C22H26FN3O3/c1-15-12-25(14-17-6-8-19(9-7-17)21(27)28)13-16(2)26(15)22(29)24-11-18-4-3-5-20(23)10-18/h3-10,15-16H,11-14H2,1-2H3,(H,24,29)(H,27,28)/t15-,16+. The van der Waals surface area contributed by atoms with Crippen molar-refractivity contribution >= 4 is 12.0 Å². The van der Waals surface area contributed by atoms with Gasteiger partial charge < -0.3 is 15.3 Å². The highest BCUT2D eigenvalue weighted by molar-refractivity contribution is 5.87. The Hall–Kier alpha value is -2.93. The molecule has 1 aliphatic rings. The average molecular weight is 399 g/mol. The minimum Gasteiger partial charge on any atom is -0.478 e. The van der Waals surface area contributed by atoms with Gasteiger partial charge in [0.15, 0.2) is 0 Å². The number of carbonyl (C=O) groups is 2. The van der Waals surface area contributed by atoms with E-state index in [1.165, 1.54) is 12.1 Å². The number of amides is 2. The van der Waals surface area contributed by atoms with Crippen molar-refractivity contribution in [3.63, 3.8) is 0 Å². The van der Waals surface area contributed by atoms with Gasteiger partial charge in [-0.15, -0.1) is 0 Å². The maximum absolute atomic E-state index is 13.3. The van der Waals surface area contributed by atoms with Crippen molar-refractivity contribution in [1.29, 1.82) is 0 Å². The van der Waals surface area contributed by atoms with Gasteiger partial charge in [-0.2, -0.15) is 0 Å². The van der Waals surface area contributed by atoms with Crippen LogP contribution < -0.4 is 5.32 Å². The first-order valence-corrected chi connectivity index (χ1v) is 9.68. The Morgan fingerprint density at radius 1 is 1.07 bits per heavy atom. The van der Waals surface area contributed by atoms with Crippen molar-refractivity contribution in [2.75, 3.05) is 13.1 Å². The summed E-state index contributed by atoms with van der Waals surface area (Å²) in [5.74, 6) is -1.25. The molecule has 0 spiro atoms. The van der Waals surface area contributed by atoms with Gasteiger partial charge in [0, 0.05) is 38.3 Å². The van der Waals surface area contributed by atoms with Gasteiger partial charge in [-0.25, -0.2) is 14.0 Å². The van der Waals surface area contributed by atoms with Crippen LogP contribution in [-0.2, 0) is 13.1 Å². The second kappa shape index (κ2) is 9.05. The van der Waals surface area contributed by atoms with Crippen molar-refractivity contribution in [2.45, 2.75) is 39.0 Å². The number of hydrogen-bond acceptors (Lipinski definition) is 3. The smallest absolute Gasteiger partial charge is 0.335 e. The van der Waals surface area contributed by atoms with Gasteiger partial charge in [-0.3, -0.25) is 4.90 Å². The van der Waals surface area contributed by atoms with Gasteiger partial charge in [0.05, 0.1) is 5.56 Å². The molecule has 2 aromatic rings. The lowest BCUT2D eigenvalue weighted by molar-refractivity contribution is 0.0599. The molecule has 154 valence electrons. The summed E-state index contributed by atoms with van der Waals surface area (Å²) in [5, 5.41) is 11.9. The summed E-state index contributed by atoms with van der Waals surface area (Å²) in [5.41, 5.74) is 2.04. The molecule has 2 aromatic carbocycles. The molecule has 0 saturated carbocycles. The van der Waals surface area contributed by atoms with Crippen molar-refractivity contribution in [1.82, 2.24) is 15.1 Å². The fourth-order valence-electron chi connectivity index (χ4n) is 3.89. The second-order valence-corrected chi connectivity index (χ2v) is 7.59. The molecule has 6 nitrogen and oxygen atoms in total. The fraction of sp³-hybridized carbons (Fsp3) is 0.364. The zero-order chi connectivity index (χ0) is 21.0. The average Bonchev–Trinajstić information content (AvgIpc) is 2.66. The molecular formula is C22H26FN3O3. The zero-order valence-electron chi connectivity index (χ0n) is 16.6. The van der Waals surface area contributed by atoms with Crippen molar-refractivity contribution in [3.05, 3.63) is 71.0 Å². The number of nitrogens with one attached hydrogen (secondary N) is 1. The molecule has 2 amide bonds. The Morgan fingerprint density at radius 2 is 1.72 bits per heavy atom. The van der Waals surface area contributed by atoms with E-state index in [0.717, 1.165) is 24.2 Å². The number of carboxylic acid groups (broad SMARTS) is 1. The number of carboxylic acids is 1. The topological polar surface area (TPSA) is 72.9 Å². The highest BCUT2D eigenvalue weighted by atomic mass is 19.1. The third-order valence-electron chi connectivity index (χ3n) is 5.17. The van der Waals surface area contributed by atoms with Gasteiger partial charge >= 0.3 is 12.0 Å². The van der Waals surface area contributed by atoms with E-state index in [9.17, 15) is 14.0 Å². The molecule has 1 aliphatic heterocycles. The van der Waals surface area contributed by atoms with Crippen LogP contribution in [0.5, 0.6) is 0 Å². The van der Waals surface area contributed by atoms with Crippen LogP contribution in [0, 0.1) is 5.82 Å². The number of aromatic carboxylic acids is 1. The molecule has 2 atom stereocenters. The Morgan fingerprint density at radius 3 is 2.31 bits per heavy atom. The van der Waals surface area contributed by atoms with Crippen LogP contribution >= 0.6 is 0 Å². The van der Waals surface area contributed by atoms with E-state index in [1.54, 1.807) is 24.3 Å². The summed E-state index contributed by atoms with van der Waals surface area (Å²) in [4.78, 5) is 27.8. The first-order chi connectivity index (χ1) is 13.8. The van der Waals surface area contributed by atoms with Gasteiger partial charge in [0.25, 0.3) is 0 Å². The summed E-state index contributed by atoms with van der Waals surface area (Å²) < 4.78 is 13.3. The van der Waals surface area contributed by atoms with E-state index in [4.69, 9.17) is 5.11 Å². The van der Waals surface area contributed by atoms with Gasteiger partial charge in [-0.05, 0) is 49.2 Å². The van der Waals surface area contributed by atoms with Crippen molar-refractivity contribution < 1.29 is 19.1 Å². The molecule has 0 aliphatic carbocycles.